The summed E-state index contributed by atoms with van der Waals surface area (Å²) < 4.78 is 10.5. The van der Waals surface area contributed by atoms with Crippen LogP contribution in [0.1, 0.15) is 0 Å². The summed E-state index contributed by atoms with van der Waals surface area (Å²) in [6.45, 7) is 8.34. The van der Waals surface area contributed by atoms with E-state index in [0.717, 1.165) is 13.2 Å². The van der Waals surface area contributed by atoms with Gasteiger partial charge in [0.05, 0.1) is 21.3 Å². The third kappa shape index (κ3) is 3.74. The number of hydrogen-bond acceptors (Lipinski definition) is 2. The van der Waals surface area contributed by atoms with E-state index in [9.17, 15) is 0 Å². The van der Waals surface area contributed by atoms with Crippen LogP contribution >= 0.6 is 0 Å². The van der Waals surface area contributed by atoms with Crippen LogP contribution in [0.25, 0.3) is 0 Å². The normalized spacial score (nSPS) is 20.1. The molecular weight excluding hydrogens is 155 g/mol. The van der Waals surface area contributed by atoms with Gasteiger partial charge in [-0.05, 0) is 0 Å². The second-order valence-electron chi connectivity index (χ2n) is 3.84. The molecule has 0 bridgehead atoms. The molecule has 0 N–H and O–H groups in total. The highest BCUT2D eigenvalue weighted by Crippen LogP contribution is 2.05. The molecule has 0 aliphatic carbocycles. The molecule has 11 heavy (non-hydrogen) atoms. The summed E-state index contributed by atoms with van der Waals surface area (Å²) in [6.07, 6.45) is 0. The van der Waals surface area contributed by atoms with Gasteiger partial charge >= 0.3 is 7.12 Å². The van der Waals surface area contributed by atoms with Crippen LogP contribution in [0.3, 0.4) is 0 Å². The number of hydrogen-bond donors (Lipinski definition) is 0. The SMILES string of the molecule is C[Si](C)(C)/C=C\B1OCCO1. The van der Waals surface area contributed by atoms with E-state index in [1.165, 1.54) is 0 Å². The molecule has 1 heterocycles. The van der Waals surface area contributed by atoms with E-state index in [2.05, 4.69) is 25.3 Å². The third-order valence-electron chi connectivity index (χ3n) is 1.40. The lowest BCUT2D eigenvalue weighted by atomic mass is 9.92. The van der Waals surface area contributed by atoms with Gasteiger partial charge in [-0.1, -0.05) is 25.6 Å². The third-order valence-corrected chi connectivity index (χ3v) is 2.59. The molecule has 1 fully saturated rings. The summed E-state index contributed by atoms with van der Waals surface area (Å²) in [5, 5.41) is 0. The van der Waals surface area contributed by atoms with Gasteiger partial charge in [-0.2, -0.15) is 0 Å². The van der Waals surface area contributed by atoms with Crippen LogP contribution in [-0.2, 0) is 9.31 Å². The molecule has 1 aliphatic rings. The first-order chi connectivity index (χ1) is 5.08. The summed E-state index contributed by atoms with van der Waals surface area (Å²) in [6, 6.07) is 0. The first-order valence-corrected chi connectivity index (χ1v) is 7.58. The summed E-state index contributed by atoms with van der Waals surface area (Å²) in [7, 11) is -1.13. The molecular formula is C7H15BO2Si. The van der Waals surface area contributed by atoms with Crippen LogP contribution in [0.15, 0.2) is 11.7 Å². The van der Waals surface area contributed by atoms with E-state index in [-0.39, 0.29) is 7.12 Å². The molecule has 2 nitrogen and oxygen atoms in total. The Kier molecular flexibility index (Phi) is 2.92. The maximum absolute atomic E-state index is 5.26. The van der Waals surface area contributed by atoms with Crippen molar-refractivity contribution in [3.8, 4) is 0 Å². The van der Waals surface area contributed by atoms with Gasteiger partial charge in [0.15, 0.2) is 0 Å². The minimum Gasteiger partial charge on any atom is -0.405 e. The summed E-state index contributed by atoms with van der Waals surface area (Å²) >= 11 is 0. The molecule has 0 amide bonds. The highest BCUT2D eigenvalue weighted by Gasteiger charge is 2.20. The lowest BCUT2D eigenvalue weighted by molar-refractivity contribution is 0.365. The highest BCUT2D eigenvalue weighted by atomic mass is 28.3. The Balaban J connectivity index is 2.34. The zero-order chi connectivity index (χ0) is 8.32. The van der Waals surface area contributed by atoms with Crippen molar-refractivity contribution >= 4 is 15.2 Å². The zero-order valence-corrected chi connectivity index (χ0v) is 8.46. The summed E-state index contributed by atoms with van der Waals surface area (Å²) in [4.78, 5) is 0. The van der Waals surface area contributed by atoms with Crippen LogP contribution < -0.4 is 0 Å². The summed E-state index contributed by atoms with van der Waals surface area (Å²) in [5.74, 6) is 2.04. The van der Waals surface area contributed by atoms with Gasteiger partial charge in [-0.25, -0.2) is 0 Å². The fraction of sp³-hybridized carbons (Fsp3) is 0.714. The van der Waals surface area contributed by atoms with Gasteiger partial charge in [0.1, 0.15) is 0 Å². The second-order valence-corrected chi connectivity index (χ2v) is 8.90. The fourth-order valence-corrected chi connectivity index (χ4v) is 1.59. The lowest BCUT2D eigenvalue weighted by Gasteiger charge is -2.08. The maximum atomic E-state index is 5.26. The minimum absolute atomic E-state index is 0.0678. The molecule has 1 saturated heterocycles. The maximum Gasteiger partial charge on any atom is 0.485 e. The Hall–Kier alpha value is -0.0582. The van der Waals surface area contributed by atoms with E-state index in [4.69, 9.17) is 9.31 Å². The highest BCUT2D eigenvalue weighted by molar-refractivity contribution is 6.81. The van der Waals surface area contributed by atoms with Gasteiger partial charge in [-0.3, -0.25) is 0 Å². The van der Waals surface area contributed by atoms with Crippen LogP contribution in [0.4, 0.5) is 0 Å². The van der Waals surface area contributed by atoms with Gasteiger partial charge in [0.2, 0.25) is 0 Å². The molecule has 0 spiro atoms. The molecule has 0 aromatic rings. The molecule has 0 radical (unpaired) electrons. The van der Waals surface area contributed by atoms with Gasteiger partial charge in [0, 0.05) is 0 Å². The first kappa shape index (κ1) is 9.03. The molecule has 0 atom stereocenters. The van der Waals surface area contributed by atoms with Gasteiger partial charge in [0.25, 0.3) is 0 Å². The number of rotatable bonds is 2. The van der Waals surface area contributed by atoms with Crippen LogP contribution in [0.2, 0.25) is 19.6 Å². The van der Waals surface area contributed by atoms with Crippen molar-refractivity contribution in [3.05, 3.63) is 11.7 Å². The van der Waals surface area contributed by atoms with Crippen molar-refractivity contribution in [1.82, 2.24) is 0 Å². The van der Waals surface area contributed by atoms with Gasteiger partial charge < -0.3 is 9.31 Å². The van der Waals surface area contributed by atoms with Crippen LogP contribution in [0, 0.1) is 0 Å². The van der Waals surface area contributed by atoms with Crippen molar-refractivity contribution < 1.29 is 9.31 Å². The quantitative estimate of drug-likeness (QED) is 0.584. The Bertz CT molecular complexity index is 147. The molecule has 0 saturated carbocycles. The Morgan fingerprint density at radius 1 is 1.18 bits per heavy atom. The first-order valence-electron chi connectivity index (χ1n) is 4.00. The molecule has 0 aromatic carbocycles. The monoisotopic (exact) mass is 170 g/mol. The Labute approximate surface area is 69.7 Å². The van der Waals surface area contributed by atoms with Crippen molar-refractivity contribution in [2.24, 2.45) is 0 Å². The molecule has 4 heteroatoms. The van der Waals surface area contributed by atoms with Crippen LogP contribution in [-0.4, -0.2) is 28.4 Å². The van der Waals surface area contributed by atoms with Gasteiger partial charge in [-0.15, -0.1) is 5.70 Å². The van der Waals surface area contributed by atoms with Crippen molar-refractivity contribution in [3.63, 3.8) is 0 Å². The fourth-order valence-electron chi connectivity index (χ4n) is 0.855. The largest absolute Gasteiger partial charge is 0.485 e. The predicted molar refractivity (Wildman–Crippen MR) is 50.1 cm³/mol. The zero-order valence-electron chi connectivity index (χ0n) is 7.46. The topological polar surface area (TPSA) is 18.5 Å². The summed E-state index contributed by atoms with van der Waals surface area (Å²) in [5.41, 5.74) is 2.25. The second kappa shape index (κ2) is 3.56. The average molecular weight is 170 g/mol. The average Bonchev–Trinajstić information content (AvgIpc) is 2.32. The lowest BCUT2D eigenvalue weighted by Crippen LogP contribution is -2.19. The van der Waals surface area contributed by atoms with E-state index < -0.39 is 8.07 Å². The predicted octanol–water partition coefficient (Wildman–Crippen LogP) is 1.49. The van der Waals surface area contributed by atoms with Crippen LogP contribution in [0.5, 0.6) is 0 Å². The van der Waals surface area contributed by atoms with Crippen molar-refractivity contribution in [2.75, 3.05) is 13.2 Å². The van der Waals surface area contributed by atoms with E-state index in [1.54, 1.807) is 0 Å². The molecule has 1 aliphatic heterocycles. The Morgan fingerprint density at radius 2 is 1.73 bits per heavy atom. The minimum atomic E-state index is -1.07. The van der Waals surface area contributed by atoms with E-state index in [1.807, 2.05) is 5.98 Å². The van der Waals surface area contributed by atoms with E-state index in [0.29, 0.717) is 0 Å². The van der Waals surface area contributed by atoms with Crippen molar-refractivity contribution in [2.45, 2.75) is 19.6 Å². The molecule has 62 valence electrons. The molecule has 0 unspecified atom stereocenters. The van der Waals surface area contributed by atoms with Crippen molar-refractivity contribution in [1.29, 1.82) is 0 Å². The Morgan fingerprint density at radius 3 is 2.18 bits per heavy atom. The molecule has 1 rings (SSSR count). The standard InChI is InChI=1S/C7H15BO2Si/c1-11(2,3)7-4-8-9-5-6-10-8/h4,7H,5-6H2,1-3H3/b7-4-. The smallest absolute Gasteiger partial charge is 0.405 e. The molecule has 0 aromatic heterocycles. The van der Waals surface area contributed by atoms with E-state index >= 15 is 0 Å².